The molecular weight excluding hydrogens is 238 g/mol. The van der Waals surface area contributed by atoms with Gasteiger partial charge in [-0.1, -0.05) is 25.3 Å². The smallest absolute Gasteiger partial charge is 0.264 e. The number of carbonyl (C=O) groups is 1. The lowest BCUT2D eigenvalue weighted by molar-refractivity contribution is -0.118. The van der Waals surface area contributed by atoms with Crippen LogP contribution in [0.2, 0.25) is 0 Å². The lowest BCUT2D eigenvalue weighted by Gasteiger charge is -2.24. The summed E-state index contributed by atoms with van der Waals surface area (Å²) in [5.74, 6) is -0.254. The normalized spacial score (nSPS) is 22.0. The number of hydrogen-bond donors (Lipinski definition) is 1. The molecule has 0 atom stereocenters. The van der Waals surface area contributed by atoms with E-state index in [0.29, 0.717) is 5.70 Å². The van der Waals surface area contributed by atoms with E-state index in [-0.39, 0.29) is 17.5 Å². The van der Waals surface area contributed by atoms with E-state index in [1.54, 1.807) is 11.0 Å². The van der Waals surface area contributed by atoms with E-state index in [9.17, 15) is 10.1 Å². The zero-order chi connectivity index (χ0) is 13.7. The van der Waals surface area contributed by atoms with Crippen molar-refractivity contribution in [1.29, 1.82) is 5.26 Å². The number of nitrogens with one attached hydrogen (secondary N) is 1. The van der Waals surface area contributed by atoms with Gasteiger partial charge >= 0.3 is 0 Å². The fourth-order valence-electron chi connectivity index (χ4n) is 2.51. The van der Waals surface area contributed by atoms with Crippen molar-refractivity contribution < 1.29 is 4.79 Å². The van der Waals surface area contributed by atoms with Gasteiger partial charge in [-0.15, -0.1) is 0 Å². The zero-order valence-corrected chi connectivity index (χ0v) is 11.2. The van der Waals surface area contributed by atoms with Gasteiger partial charge in [0.1, 0.15) is 11.6 Å². The Bertz CT molecular complexity index is 476. The summed E-state index contributed by atoms with van der Waals surface area (Å²) in [4.78, 5) is 14.0. The molecule has 0 saturated heterocycles. The van der Waals surface area contributed by atoms with Gasteiger partial charge in [-0.05, 0) is 25.0 Å². The quantitative estimate of drug-likeness (QED) is 0.609. The number of carbonyl (C=O) groups excluding carboxylic acids is 1. The van der Waals surface area contributed by atoms with Gasteiger partial charge in [0.05, 0.1) is 5.70 Å². The Morgan fingerprint density at radius 3 is 2.74 bits per heavy atom. The van der Waals surface area contributed by atoms with E-state index < -0.39 is 0 Å². The van der Waals surface area contributed by atoms with Crippen LogP contribution in [-0.4, -0.2) is 23.9 Å². The fraction of sp³-hybridized carbons (Fsp3) is 0.467. The predicted molar refractivity (Wildman–Crippen MR) is 73.7 cm³/mol. The maximum absolute atomic E-state index is 12.2. The van der Waals surface area contributed by atoms with Crippen molar-refractivity contribution in [1.82, 2.24) is 10.2 Å². The molecule has 100 valence electrons. The molecule has 0 aromatic rings. The first-order valence-electron chi connectivity index (χ1n) is 6.75. The third kappa shape index (κ3) is 3.25. The first-order chi connectivity index (χ1) is 9.22. The van der Waals surface area contributed by atoms with E-state index >= 15 is 0 Å². The monoisotopic (exact) mass is 257 g/mol. The summed E-state index contributed by atoms with van der Waals surface area (Å²) in [6.45, 7) is 0. The maximum Gasteiger partial charge on any atom is 0.264 e. The standard InChI is InChI=1S/C15H19N3O/c1-18-10-6-5-9-14(18)13(11-16)15(19)17-12-7-3-2-4-8-12/h5-6,9-10,12H,2-4,7-8H2,1H3,(H,17,19)/b14-13+. The number of nitrogens with zero attached hydrogens (tertiary/aromatic N) is 2. The molecule has 1 fully saturated rings. The highest BCUT2D eigenvalue weighted by atomic mass is 16.1. The molecule has 0 aromatic heterocycles. The third-order valence-electron chi connectivity index (χ3n) is 3.59. The molecule has 0 aromatic carbocycles. The summed E-state index contributed by atoms with van der Waals surface area (Å²) in [5, 5.41) is 12.2. The van der Waals surface area contributed by atoms with Crippen LogP contribution in [-0.2, 0) is 4.79 Å². The molecule has 1 heterocycles. The number of nitriles is 1. The van der Waals surface area contributed by atoms with Crippen LogP contribution in [0.5, 0.6) is 0 Å². The Morgan fingerprint density at radius 1 is 1.37 bits per heavy atom. The van der Waals surface area contributed by atoms with Crippen LogP contribution in [0.1, 0.15) is 32.1 Å². The molecule has 4 heteroatoms. The Kier molecular flexibility index (Phi) is 4.40. The summed E-state index contributed by atoms with van der Waals surface area (Å²) >= 11 is 0. The number of likely N-dealkylation sites (N-methyl/N-ethyl adjacent to an activating group) is 1. The molecule has 0 unspecified atom stereocenters. The van der Waals surface area contributed by atoms with Crippen molar-refractivity contribution in [2.24, 2.45) is 0 Å². The zero-order valence-electron chi connectivity index (χ0n) is 11.2. The Morgan fingerprint density at radius 2 is 2.11 bits per heavy atom. The Labute approximate surface area is 114 Å². The van der Waals surface area contributed by atoms with Gasteiger partial charge in [0, 0.05) is 19.3 Å². The minimum atomic E-state index is -0.254. The predicted octanol–water partition coefficient (Wildman–Crippen LogP) is 2.23. The molecule has 1 N–H and O–H groups in total. The van der Waals surface area contributed by atoms with Crippen molar-refractivity contribution in [3.8, 4) is 6.07 Å². The second kappa shape index (κ2) is 6.24. The van der Waals surface area contributed by atoms with Gasteiger partial charge in [-0.2, -0.15) is 5.26 Å². The van der Waals surface area contributed by atoms with Gasteiger partial charge in [0.15, 0.2) is 0 Å². The van der Waals surface area contributed by atoms with Crippen LogP contribution in [0, 0.1) is 11.3 Å². The lowest BCUT2D eigenvalue weighted by atomic mass is 9.95. The van der Waals surface area contributed by atoms with E-state index in [1.807, 2.05) is 31.5 Å². The molecule has 1 saturated carbocycles. The molecule has 19 heavy (non-hydrogen) atoms. The second-order valence-electron chi connectivity index (χ2n) is 4.99. The SMILES string of the molecule is CN1C=CC=C/C1=C(/C#N)C(=O)NC1CCCCC1. The lowest BCUT2D eigenvalue weighted by Crippen LogP contribution is -2.37. The molecule has 0 bridgehead atoms. The Hall–Kier alpha value is -2.02. The minimum Gasteiger partial charge on any atom is -0.350 e. The molecule has 2 rings (SSSR count). The summed E-state index contributed by atoms with van der Waals surface area (Å²) in [6.07, 6.45) is 12.9. The Balaban J connectivity index is 2.11. The average molecular weight is 257 g/mol. The highest BCUT2D eigenvalue weighted by Gasteiger charge is 2.21. The van der Waals surface area contributed by atoms with Gasteiger partial charge in [-0.25, -0.2) is 0 Å². The maximum atomic E-state index is 12.2. The van der Waals surface area contributed by atoms with Crippen LogP contribution < -0.4 is 5.32 Å². The van der Waals surface area contributed by atoms with Crippen LogP contribution in [0.4, 0.5) is 0 Å². The van der Waals surface area contributed by atoms with Crippen molar-refractivity contribution >= 4 is 5.91 Å². The molecule has 1 aliphatic heterocycles. The molecular formula is C15H19N3O. The van der Waals surface area contributed by atoms with E-state index in [1.165, 1.54) is 6.42 Å². The number of amides is 1. The second-order valence-corrected chi connectivity index (χ2v) is 4.99. The first kappa shape index (κ1) is 13.4. The van der Waals surface area contributed by atoms with E-state index in [0.717, 1.165) is 25.7 Å². The van der Waals surface area contributed by atoms with Crippen LogP contribution >= 0.6 is 0 Å². The fourth-order valence-corrected chi connectivity index (χ4v) is 2.51. The number of hydrogen-bond acceptors (Lipinski definition) is 3. The molecule has 2 aliphatic rings. The first-order valence-corrected chi connectivity index (χ1v) is 6.75. The van der Waals surface area contributed by atoms with Crippen LogP contribution in [0.3, 0.4) is 0 Å². The van der Waals surface area contributed by atoms with Crippen LogP contribution in [0.25, 0.3) is 0 Å². The van der Waals surface area contributed by atoms with Gasteiger partial charge in [0.25, 0.3) is 5.91 Å². The third-order valence-corrected chi connectivity index (χ3v) is 3.59. The summed E-state index contributed by atoms with van der Waals surface area (Å²) in [6, 6.07) is 2.25. The molecule has 0 radical (unpaired) electrons. The van der Waals surface area contributed by atoms with Crippen LogP contribution in [0.15, 0.2) is 35.7 Å². The molecule has 1 amide bonds. The summed E-state index contributed by atoms with van der Waals surface area (Å²) in [5.41, 5.74) is 0.840. The van der Waals surface area contributed by atoms with Crippen molar-refractivity contribution in [3.63, 3.8) is 0 Å². The number of allylic oxidation sites excluding steroid dienone is 3. The molecule has 4 nitrogen and oxygen atoms in total. The highest BCUT2D eigenvalue weighted by molar-refractivity contribution is 5.98. The topological polar surface area (TPSA) is 56.1 Å². The van der Waals surface area contributed by atoms with E-state index in [4.69, 9.17) is 0 Å². The molecule has 1 aliphatic carbocycles. The molecule has 0 spiro atoms. The van der Waals surface area contributed by atoms with Crippen molar-refractivity contribution in [2.75, 3.05) is 7.05 Å². The van der Waals surface area contributed by atoms with Crippen molar-refractivity contribution in [2.45, 2.75) is 38.1 Å². The number of rotatable bonds is 2. The highest BCUT2D eigenvalue weighted by Crippen LogP contribution is 2.19. The van der Waals surface area contributed by atoms with E-state index in [2.05, 4.69) is 5.32 Å². The van der Waals surface area contributed by atoms with Gasteiger partial charge in [-0.3, -0.25) is 4.79 Å². The van der Waals surface area contributed by atoms with Gasteiger partial charge < -0.3 is 10.2 Å². The summed E-state index contributed by atoms with van der Waals surface area (Å²) < 4.78 is 0. The summed E-state index contributed by atoms with van der Waals surface area (Å²) in [7, 11) is 1.83. The average Bonchev–Trinajstić information content (AvgIpc) is 2.43. The van der Waals surface area contributed by atoms with Crippen molar-refractivity contribution in [3.05, 3.63) is 35.7 Å². The minimum absolute atomic E-state index is 0.189. The van der Waals surface area contributed by atoms with Gasteiger partial charge in [0.2, 0.25) is 0 Å². The largest absolute Gasteiger partial charge is 0.350 e.